The van der Waals surface area contributed by atoms with Crippen molar-refractivity contribution in [2.75, 3.05) is 13.2 Å². The second-order valence-electron chi connectivity index (χ2n) is 4.74. The number of carbonyl (C=O) groups excluding carboxylic acids is 2. The summed E-state index contributed by atoms with van der Waals surface area (Å²) in [6, 6.07) is -3.68. The fourth-order valence-electron chi connectivity index (χ4n) is 1.43. The Balaban J connectivity index is 4.67. The average Bonchev–Trinajstić information content (AvgIpc) is 2.47. The Kier molecular flexibility index (Phi) is 8.51. The van der Waals surface area contributed by atoms with Gasteiger partial charge in [-0.1, -0.05) is 20.3 Å². The second-order valence-corrected chi connectivity index (χ2v) is 4.74. The molecule has 0 spiro atoms. The maximum atomic E-state index is 11.8. The van der Waals surface area contributed by atoms with E-state index in [-0.39, 0.29) is 5.92 Å². The minimum atomic E-state index is -1.51. The average molecular weight is 305 g/mol. The molecule has 0 unspecified atom stereocenters. The number of aliphatic carboxylic acids is 1. The van der Waals surface area contributed by atoms with Gasteiger partial charge < -0.3 is 31.7 Å². The summed E-state index contributed by atoms with van der Waals surface area (Å²) in [4.78, 5) is 34.2. The lowest BCUT2D eigenvalue weighted by Gasteiger charge is -2.22. The SMILES string of the molecule is CC[C@H](C)[C@H](N)C(=O)N[C@@H](CO)C(=O)N[C@@H](CO)C(=O)O. The highest BCUT2D eigenvalue weighted by molar-refractivity contribution is 5.91. The van der Waals surface area contributed by atoms with Crippen LogP contribution in [-0.2, 0) is 14.4 Å². The van der Waals surface area contributed by atoms with Gasteiger partial charge >= 0.3 is 5.97 Å². The molecule has 2 amide bonds. The molecule has 0 fully saturated rings. The summed E-state index contributed by atoms with van der Waals surface area (Å²) in [7, 11) is 0. The van der Waals surface area contributed by atoms with Gasteiger partial charge in [0, 0.05) is 0 Å². The van der Waals surface area contributed by atoms with Crippen LogP contribution in [0.25, 0.3) is 0 Å². The van der Waals surface area contributed by atoms with Gasteiger partial charge in [-0.25, -0.2) is 4.79 Å². The first-order chi connectivity index (χ1) is 9.78. The van der Waals surface area contributed by atoms with Crippen molar-refractivity contribution in [2.24, 2.45) is 11.7 Å². The quantitative estimate of drug-likeness (QED) is 0.272. The number of nitrogens with two attached hydrogens (primary N) is 1. The molecule has 0 aromatic heterocycles. The van der Waals surface area contributed by atoms with E-state index in [1.54, 1.807) is 6.92 Å². The van der Waals surface area contributed by atoms with Gasteiger partial charge in [0.25, 0.3) is 0 Å². The van der Waals surface area contributed by atoms with E-state index in [2.05, 4.69) is 5.32 Å². The van der Waals surface area contributed by atoms with E-state index in [0.29, 0.717) is 6.42 Å². The van der Waals surface area contributed by atoms with Crippen molar-refractivity contribution in [3.05, 3.63) is 0 Å². The zero-order valence-corrected chi connectivity index (χ0v) is 12.1. The third-order valence-electron chi connectivity index (χ3n) is 3.17. The van der Waals surface area contributed by atoms with Crippen LogP contribution in [0.4, 0.5) is 0 Å². The van der Waals surface area contributed by atoms with Crippen LogP contribution in [0.1, 0.15) is 20.3 Å². The standard InChI is InChI=1S/C12H23N3O6/c1-3-6(2)9(13)11(19)14-7(4-16)10(18)15-8(5-17)12(20)21/h6-9,16-17H,3-5,13H2,1-2H3,(H,14,19)(H,15,18)(H,20,21)/t6-,7-,8-,9-/m0/s1. The zero-order valence-electron chi connectivity index (χ0n) is 12.1. The Bertz CT molecular complexity index is 376. The van der Waals surface area contributed by atoms with Crippen molar-refractivity contribution < 1.29 is 29.7 Å². The molecule has 9 heteroatoms. The van der Waals surface area contributed by atoms with Gasteiger partial charge in [0.15, 0.2) is 0 Å². The summed E-state index contributed by atoms with van der Waals surface area (Å²) in [5.74, 6) is -3.07. The molecular weight excluding hydrogens is 282 g/mol. The van der Waals surface area contributed by atoms with Crippen molar-refractivity contribution in [2.45, 2.75) is 38.4 Å². The lowest BCUT2D eigenvalue weighted by molar-refractivity contribution is -0.143. The number of carboxylic acids is 1. The molecule has 0 radical (unpaired) electrons. The van der Waals surface area contributed by atoms with Gasteiger partial charge in [-0.3, -0.25) is 9.59 Å². The molecule has 0 bridgehead atoms. The van der Waals surface area contributed by atoms with E-state index in [4.69, 9.17) is 21.1 Å². The Hall–Kier alpha value is -1.71. The first-order valence-electron chi connectivity index (χ1n) is 6.59. The molecule has 9 nitrogen and oxygen atoms in total. The number of nitrogens with one attached hydrogen (secondary N) is 2. The summed E-state index contributed by atoms with van der Waals surface area (Å²) in [5, 5.41) is 30.9. The summed E-state index contributed by atoms with van der Waals surface area (Å²) < 4.78 is 0. The summed E-state index contributed by atoms with van der Waals surface area (Å²) in [5.41, 5.74) is 5.69. The minimum absolute atomic E-state index is 0.114. The van der Waals surface area contributed by atoms with Gasteiger partial charge in [-0.05, 0) is 5.92 Å². The summed E-state index contributed by atoms with van der Waals surface area (Å²) in [6.07, 6.45) is 0.663. The molecule has 0 aromatic rings. The first-order valence-corrected chi connectivity index (χ1v) is 6.59. The topological polar surface area (TPSA) is 162 Å². The molecule has 0 aliphatic carbocycles. The van der Waals surface area contributed by atoms with Crippen LogP contribution < -0.4 is 16.4 Å². The number of hydrogen-bond acceptors (Lipinski definition) is 6. The number of carbonyl (C=O) groups is 3. The first kappa shape index (κ1) is 19.3. The van der Waals surface area contributed by atoms with Gasteiger partial charge in [0.1, 0.15) is 12.1 Å². The highest BCUT2D eigenvalue weighted by atomic mass is 16.4. The van der Waals surface area contributed by atoms with Crippen LogP contribution >= 0.6 is 0 Å². The van der Waals surface area contributed by atoms with Crippen molar-refractivity contribution in [3.63, 3.8) is 0 Å². The minimum Gasteiger partial charge on any atom is -0.480 e. The molecule has 0 saturated heterocycles. The molecule has 21 heavy (non-hydrogen) atoms. The Morgan fingerprint density at radius 3 is 1.90 bits per heavy atom. The number of aliphatic hydroxyl groups excluding tert-OH is 2. The molecule has 0 aliphatic heterocycles. The largest absolute Gasteiger partial charge is 0.480 e. The molecule has 4 atom stereocenters. The van der Waals surface area contributed by atoms with E-state index < -0.39 is 49.1 Å². The van der Waals surface area contributed by atoms with Crippen LogP contribution in [0.15, 0.2) is 0 Å². The fourth-order valence-corrected chi connectivity index (χ4v) is 1.43. The molecule has 0 heterocycles. The van der Waals surface area contributed by atoms with Crippen LogP contribution in [0, 0.1) is 5.92 Å². The maximum absolute atomic E-state index is 11.8. The number of hydrogen-bond donors (Lipinski definition) is 6. The van der Waals surface area contributed by atoms with E-state index in [1.807, 2.05) is 12.2 Å². The van der Waals surface area contributed by atoms with E-state index in [9.17, 15) is 14.4 Å². The Morgan fingerprint density at radius 1 is 1.05 bits per heavy atom. The van der Waals surface area contributed by atoms with Gasteiger partial charge in [-0.2, -0.15) is 0 Å². The number of aliphatic hydroxyl groups is 2. The molecule has 0 saturated carbocycles. The van der Waals surface area contributed by atoms with Crippen LogP contribution in [0.3, 0.4) is 0 Å². The predicted octanol–water partition coefficient (Wildman–Crippen LogP) is -2.60. The third kappa shape index (κ3) is 6.06. The normalized spacial score (nSPS) is 16.4. The Labute approximate surface area is 122 Å². The second kappa shape index (κ2) is 9.27. The van der Waals surface area contributed by atoms with Crippen molar-refractivity contribution in [1.29, 1.82) is 0 Å². The molecule has 0 aliphatic rings. The number of amides is 2. The van der Waals surface area contributed by atoms with Crippen molar-refractivity contribution in [1.82, 2.24) is 10.6 Å². The van der Waals surface area contributed by atoms with Crippen molar-refractivity contribution >= 4 is 17.8 Å². The monoisotopic (exact) mass is 305 g/mol. The van der Waals surface area contributed by atoms with Crippen LogP contribution in [0.5, 0.6) is 0 Å². The molecular formula is C12H23N3O6. The van der Waals surface area contributed by atoms with E-state index in [1.165, 1.54) is 0 Å². The third-order valence-corrected chi connectivity index (χ3v) is 3.17. The number of rotatable bonds is 9. The van der Waals surface area contributed by atoms with Gasteiger partial charge in [0.2, 0.25) is 11.8 Å². The molecule has 122 valence electrons. The molecule has 0 aromatic carbocycles. The van der Waals surface area contributed by atoms with Crippen LogP contribution in [-0.4, -0.2) is 64.4 Å². The summed E-state index contributed by atoms with van der Waals surface area (Å²) in [6.45, 7) is 2.10. The summed E-state index contributed by atoms with van der Waals surface area (Å²) >= 11 is 0. The predicted molar refractivity (Wildman–Crippen MR) is 73.1 cm³/mol. The fraction of sp³-hybridized carbons (Fsp3) is 0.750. The van der Waals surface area contributed by atoms with Gasteiger partial charge in [-0.15, -0.1) is 0 Å². The van der Waals surface area contributed by atoms with Crippen LogP contribution in [0.2, 0.25) is 0 Å². The highest BCUT2D eigenvalue weighted by Gasteiger charge is 2.28. The zero-order chi connectivity index (χ0) is 16.6. The van der Waals surface area contributed by atoms with Gasteiger partial charge in [0.05, 0.1) is 19.3 Å². The van der Waals surface area contributed by atoms with E-state index >= 15 is 0 Å². The lowest BCUT2D eigenvalue weighted by atomic mass is 9.99. The Morgan fingerprint density at radius 2 is 1.52 bits per heavy atom. The van der Waals surface area contributed by atoms with Crippen molar-refractivity contribution in [3.8, 4) is 0 Å². The lowest BCUT2D eigenvalue weighted by Crippen LogP contribution is -2.57. The van der Waals surface area contributed by atoms with E-state index in [0.717, 1.165) is 0 Å². The highest BCUT2D eigenvalue weighted by Crippen LogP contribution is 2.05. The maximum Gasteiger partial charge on any atom is 0.328 e. The number of carboxylic acid groups (broad SMARTS) is 1. The smallest absolute Gasteiger partial charge is 0.328 e. The molecule has 7 N–H and O–H groups in total. The molecule has 0 rings (SSSR count).